The molecule has 2 aromatic rings. The summed E-state index contributed by atoms with van der Waals surface area (Å²) < 4.78 is 5.37. The van der Waals surface area contributed by atoms with Crippen LogP contribution in [0.3, 0.4) is 0 Å². The highest BCUT2D eigenvalue weighted by atomic mass is 16.3. The van der Waals surface area contributed by atoms with E-state index in [9.17, 15) is 0 Å². The summed E-state index contributed by atoms with van der Waals surface area (Å²) in [7, 11) is 0. The van der Waals surface area contributed by atoms with Gasteiger partial charge in [0.1, 0.15) is 5.76 Å². The molecular weight excluding hydrogens is 222 g/mol. The smallest absolute Gasteiger partial charge is 0.105 e. The number of furan rings is 1. The third-order valence-electron chi connectivity index (χ3n) is 3.16. The number of rotatable bonds is 5. The predicted octanol–water partition coefficient (Wildman–Crippen LogP) is 3.87. The van der Waals surface area contributed by atoms with Crippen LogP contribution in [0.15, 0.2) is 47.1 Å². The van der Waals surface area contributed by atoms with Crippen molar-refractivity contribution >= 4 is 0 Å². The minimum absolute atomic E-state index is 0.356. The zero-order chi connectivity index (χ0) is 13.0. The van der Waals surface area contributed by atoms with Crippen molar-refractivity contribution in [2.45, 2.75) is 39.3 Å². The Kier molecular flexibility index (Phi) is 4.21. The summed E-state index contributed by atoms with van der Waals surface area (Å²) in [5.41, 5.74) is 2.64. The number of hydrogen-bond acceptors (Lipinski definition) is 2. The first-order chi connectivity index (χ1) is 8.65. The average Bonchev–Trinajstić information content (AvgIpc) is 2.81. The normalized spacial score (nSPS) is 14.4. The maximum Gasteiger partial charge on any atom is 0.105 e. The molecule has 2 nitrogen and oxygen atoms in total. The number of benzene rings is 1. The van der Waals surface area contributed by atoms with Gasteiger partial charge in [0.05, 0.1) is 6.26 Å². The summed E-state index contributed by atoms with van der Waals surface area (Å²) in [6, 6.07) is 13.4. The standard InChI is InChI=1S/C16H21NO/c1-12-6-4-7-15(10-12)14(3)17-13(2)11-16-8-5-9-18-16/h4-10,13-14,17H,11H2,1-3H3/t13?,14-/m0/s1. The van der Waals surface area contributed by atoms with Gasteiger partial charge in [-0.05, 0) is 38.5 Å². The fourth-order valence-electron chi connectivity index (χ4n) is 2.25. The molecule has 2 rings (SSSR count). The minimum Gasteiger partial charge on any atom is -0.469 e. The summed E-state index contributed by atoms with van der Waals surface area (Å²) in [6.07, 6.45) is 2.65. The predicted molar refractivity (Wildman–Crippen MR) is 74.6 cm³/mol. The van der Waals surface area contributed by atoms with Crippen molar-refractivity contribution in [1.29, 1.82) is 0 Å². The van der Waals surface area contributed by atoms with Crippen LogP contribution in [0.5, 0.6) is 0 Å². The quantitative estimate of drug-likeness (QED) is 0.862. The van der Waals surface area contributed by atoms with Crippen LogP contribution in [0.4, 0.5) is 0 Å². The molecule has 0 saturated heterocycles. The summed E-state index contributed by atoms with van der Waals surface area (Å²) in [6.45, 7) is 6.52. The molecule has 96 valence electrons. The Morgan fingerprint density at radius 3 is 2.67 bits per heavy atom. The molecule has 2 heteroatoms. The van der Waals surface area contributed by atoms with E-state index in [0.29, 0.717) is 12.1 Å². The number of hydrogen-bond donors (Lipinski definition) is 1. The lowest BCUT2D eigenvalue weighted by Gasteiger charge is -2.20. The lowest BCUT2D eigenvalue weighted by molar-refractivity contribution is 0.429. The number of nitrogens with one attached hydrogen (secondary N) is 1. The summed E-state index contributed by atoms with van der Waals surface area (Å²) in [5, 5.41) is 3.60. The average molecular weight is 243 g/mol. The first kappa shape index (κ1) is 12.9. The van der Waals surface area contributed by atoms with Gasteiger partial charge in [0.25, 0.3) is 0 Å². The van der Waals surface area contributed by atoms with E-state index in [-0.39, 0.29) is 0 Å². The maximum atomic E-state index is 5.37. The van der Waals surface area contributed by atoms with Crippen LogP contribution in [0.1, 0.15) is 36.8 Å². The highest BCUT2D eigenvalue weighted by Gasteiger charge is 2.11. The van der Waals surface area contributed by atoms with Gasteiger partial charge in [-0.3, -0.25) is 0 Å². The molecule has 0 aliphatic heterocycles. The first-order valence-electron chi connectivity index (χ1n) is 6.50. The Morgan fingerprint density at radius 2 is 2.00 bits per heavy atom. The van der Waals surface area contributed by atoms with Gasteiger partial charge < -0.3 is 9.73 Å². The van der Waals surface area contributed by atoms with E-state index in [4.69, 9.17) is 4.42 Å². The van der Waals surface area contributed by atoms with Crippen molar-refractivity contribution in [3.05, 3.63) is 59.5 Å². The van der Waals surface area contributed by atoms with Crippen molar-refractivity contribution < 1.29 is 4.42 Å². The molecule has 1 unspecified atom stereocenters. The molecule has 0 bridgehead atoms. The van der Waals surface area contributed by atoms with Gasteiger partial charge in [-0.2, -0.15) is 0 Å². The first-order valence-corrected chi connectivity index (χ1v) is 6.50. The SMILES string of the molecule is Cc1cccc([C@H](C)NC(C)Cc2ccco2)c1. The van der Waals surface area contributed by atoms with E-state index in [2.05, 4.69) is 50.4 Å². The number of aryl methyl sites for hydroxylation is 1. The molecular formula is C16H21NO. The van der Waals surface area contributed by atoms with Gasteiger partial charge in [-0.15, -0.1) is 0 Å². The molecule has 0 fully saturated rings. The molecule has 1 N–H and O–H groups in total. The molecule has 0 aliphatic carbocycles. The third-order valence-corrected chi connectivity index (χ3v) is 3.16. The van der Waals surface area contributed by atoms with E-state index in [0.717, 1.165) is 12.2 Å². The van der Waals surface area contributed by atoms with E-state index in [1.165, 1.54) is 11.1 Å². The highest BCUT2D eigenvalue weighted by molar-refractivity contribution is 5.24. The van der Waals surface area contributed by atoms with Crippen molar-refractivity contribution in [2.24, 2.45) is 0 Å². The highest BCUT2D eigenvalue weighted by Crippen LogP contribution is 2.15. The van der Waals surface area contributed by atoms with Gasteiger partial charge in [0.15, 0.2) is 0 Å². The van der Waals surface area contributed by atoms with Crippen LogP contribution in [0, 0.1) is 6.92 Å². The molecule has 1 aromatic heterocycles. The van der Waals surface area contributed by atoms with Crippen LogP contribution < -0.4 is 5.32 Å². The topological polar surface area (TPSA) is 25.2 Å². The molecule has 0 spiro atoms. The van der Waals surface area contributed by atoms with Crippen molar-refractivity contribution in [1.82, 2.24) is 5.32 Å². The van der Waals surface area contributed by atoms with Gasteiger partial charge in [0, 0.05) is 18.5 Å². The van der Waals surface area contributed by atoms with Gasteiger partial charge in [-0.1, -0.05) is 29.8 Å². The van der Waals surface area contributed by atoms with Gasteiger partial charge >= 0.3 is 0 Å². The Hall–Kier alpha value is -1.54. The van der Waals surface area contributed by atoms with E-state index < -0.39 is 0 Å². The van der Waals surface area contributed by atoms with Crippen LogP contribution in [-0.4, -0.2) is 6.04 Å². The van der Waals surface area contributed by atoms with Crippen LogP contribution in [0.25, 0.3) is 0 Å². The zero-order valence-electron chi connectivity index (χ0n) is 11.3. The van der Waals surface area contributed by atoms with Crippen LogP contribution in [0.2, 0.25) is 0 Å². The van der Waals surface area contributed by atoms with Crippen LogP contribution >= 0.6 is 0 Å². The molecule has 0 saturated carbocycles. The Labute approximate surface area is 109 Å². The largest absolute Gasteiger partial charge is 0.469 e. The molecule has 0 radical (unpaired) electrons. The lowest BCUT2D eigenvalue weighted by Crippen LogP contribution is -2.30. The second-order valence-corrected chi connectivity index (χ2v) is 4.99. The molecule has 0 aliphatic rings. The molecule has 2 atom stereocenters. The van der Waals surface area contributed by atoms with Crippen molar-refractivity contribution in [3.63, 3.8) is 0 Å². The van der Waals surface area contributed by atoms with Crippen molar-refractivity contribution in [3.8, 4) is 0 Å². The molecule has 1 heterocycles. The summed E-state index contributed by atoms with van der Waals surface area (Å²) in [4.78, 5) is 0. The van der Waals surface area contributed by atoms with Gasteiger partial charge in [-0.25, -0.2) is 0 Å². The molecule has 1 aromatic carbocycles. The minimum atomic E-state index is 0.356. The summed E-state index contributed by atoms with van der Waals surface area (Å²) in [5.74, 6) is 1.03. The Balaban J connectivity index is 1.92. The Morgan fingerprint density at radius 1 is 1.17 bits per heavy atom. The van der Waals surface area contributed by atoms with Crippen LogP contribution in [-0.2, 0) is 6.42 Å². The lowest BCUT2D eigenvalue weighted by atomic mass is 10.0. The summed E-state index contributed by atoms with van der Waals surface area (Å²) >= 11 is 0. The fraction of sp³-hybridized carbons (Fsp3) is 0.375. The second kappa shape index (κ2) is 5.87. The molecule has 0 amide bonds. The Bertz CT molecular complexity index is 476. The monoisotopic (exact) mass is 243 g/mol. The second-order valence-electron chi connectivity index (χ2n) is 4.99. The van der Waals surface area contributed by atoms with Gasteiger partial charge in [0.2, 0.25) is 0 Å². The van der Waals surface area contributed by atoms with Crippen molar-refractivity contribution in [2.75, 3.05) is 0 Å². The zero-order valence-corrected chi connectivity index (χ0v) is 11.3. The van der Waals surface area contributed by atoms with E-state index >= 15 is 0 Å². The van der Waals surface area contributed by atoms with E-state index in [1.807, 2.05) is 12.1 Å². The maximum absolute atomic E-state index is 5.37. The van der Waals surface area contributed by atoms with E-state index in [1.54, 1.807) is 6.26 Å². The third kappa shape index (κ3) is 3.47. The fourth-order valence-corrected chi connectivity index (χ4v) is 2.25. The molecule has 18 heavy (non-hydrogen) atoms.